The number of aryl methyl sites for hydroxylation is 1. The maximum Gasteiger partial charge on any atom is 0.433 e. The molecule has 2 fully saturated rings. The summed E-state index contributed by atoms with van der Waals surface area (Å²) in [5, 5.41) is 6.38. The molecule has 2 saturated heterocycles. The first-order valence-electron chi connectivity index (χ1n) is 15.6. The number of hydrogen-bond acceptors (Lipinski definition) is 8. The van der Waals surface area contributed by atoms with Gasteiger partial charge in [-0.25, -0.2) is 23.7 Å². The van der Waals surface area contributed by atoms with E-state index in [1.807, 2.05) is 4.90 Å². The molecule has 0 saturated carbocycles. The van der Waals surface area contributed by atoms with Gasteiger partial charge in [-0.05, 0) is 50.8 Å². The van der Waals surface area contributed by atoms with E-state index in [4.69, 9.17) is 9.72 Å². The molecule has 0 radical (unpaired) electrons. The number of carbonyl (C=O) groups excluding carboxylic acids is 1. The number of aromatic nitrogens is 3. The highest BCUT2D eigenvalue weighted by Crippen LogP contribution is 2.34. The van der Waals surface area contributed by atoms with Crippen molar-refractivity contribution < 1.29 is 31.5 Å². The van der Waals surface area contributed by atoms with Crippen LogP contribution in [0.3, 0.4) is 0 Å². The number of anilines is 1. The summed E-state index contributed by atoms with van der Waals surface area (Å²) in [6.45, 7) is 9.55. The van der Waals surface area contributed by atoms with Gasteiger partial charge >= 0.3 is 6.18 Å². The Morgan fingerprint density at radius 3 is 2.28 bits per heavy atom. The quantitative estimate of drug-likeness (QED) is 0.258. The lowest BCUT2D eigenvalue weighted by Crippen LogP contribution is -2.46. The number of para-hydroxylation sites is 1. The third kappa shape index (κ3) is 8.53. The first-order valence-corrected chi connectivity index (χ1v) is 15.6. The highest BCUT2D eigenvalue weighted by molar-refractivity contribution is 5.73. The van der Waals surface area contributed by atoms with Crippen LogP contribution >= 0.6 is 0 Å². The molecule has 3 aromatic rings. The molecule has 1 amide bonds. The summed E-state index contributed by atoms with van der Waals surface area (Å²) in [4.78, 5) is 28.5. The maximum atomic E-state index is 14.2. The van der Waals surface area contributed by atoms with E-state index in [1.54, 1.807) is 18.0 Å². The van der Waals surface area contributed by atoms with Crippen LogP contribution in [0.25, 0.3) is 0 Å². The summed E-state index contributed by atoms with van der Waals surface area (Å²) in [5.74, 6) is -0.622. The molecule has 5 rings (SSSR count). The first-order chi connectivity index (χ1) is 22.4. The average Bonchev–Trinajstić information content (AvgIpc) is 3.05. The minimum Gasteiger partial charge on any atom is -0.476 e. The molecular formula is C33H38F5N7O2. The molecule has 9 nitrogen and oxygen atoms in total. The summed E-state index contributed by atoms with van der Waals surface area (Å²) in [7, 11) is 0. The lowest BCUT2D eigenvalue weighted by molar-refractivity contribution is -0.141. The Morgan fingerprint density at radius 2 is 1.64 bits per heavy atom. The fraction of sp³-hybridized carbons (Fsp3) is 0.455. The van der Waals surface area contributed by atoms with E-state index < -0.39 is 29.5 Å². The van der Waals surface area contributed by atoms with E-state index >= 15 is 0 Å². The van der Waals surface area contributed by atoms with Gasteiger partial charge in [0, 0.05) is 62.9 Å². The van der Waals surface area contributed by atoms with Crippen molar-refractivity contribution >= 4 is 11.6 Å². The minimum atomic E-state index is -4.61. The second kappa shape index (κ2) is 14.6. The predicted octanol–water partition coefficient (Wildman–Crippen LogP) is 5.96. The first kappa shape index (κ1) is 34.0. The standard InChI is InChI=1S/C33H38F5N7O2/c1-20-39-18-25(31(40-20)23-10-14-44(15-11-23)21(2)41-32-26(34)6-4-7-27(32)35)28(42-24-12-16-45(17-13-24)22(3)46)19-47-30-9-5-8-29(43-30)33(36,37)38/h4-9,18,23-24,28,41-42H,2,10-17,19H2,1,3H3. The minimum absolute atomic E-state index is 0.00325. The molecule has 2 aliphatic rings. The molecule has 1 atom stereocenters. The molecule has 2 aliphatic heterocycles. The number of hydrogen-bond donors (Lipinski definition) is 2. The summed E-state index contributed by atoms with van der Waals surface area (Å²) in [6, 6.07) is 6.69. The fourth-order valence-corrected chi connectivity index (χ4v) is 6.05. The zero-order valence-corrected chi connectivity index (χ0v) is 26.3. The Balaban J connectivity index is 1.34. The van der Waals surface area contributed by atoms with E-state index in [2.05, 4.69) is 27.2 Å². The fourth-order valence-electron chi connectivity index (χ4n) is 6.05. The van der Waals surface area contributed by atoms with Gasteiger partial charge in [0.05, 0.1) is 17.6 Å². The molecule has 4 heterocycles. The van der Waals surface area contributed by atoms with Crippen molar-refractivity contribution in [2.75, 3.05) is 38.1 Å². The smallest absolute Gasteiger partial charge is 0.433 e. The van der Waals surface area contributed by atoms with E-state index in [1.165, 1.54) is 37.3 Å². The van der Waals surface area contributed by atoms with Crippen molar-refractivity contribution in [1.82, 2.24) is 30.1 Å². The Labute approximate surface area is 270 Å². The van der Waals surface area contributed by atoms with E-state index in [0.29, 0.717) is 63.5 Å². The number of likely N-dealkylation sites (tertiary alicyclic amines) is 2. The second-order valence-corrected chi connectivity index (χ2v) is 11.9. The predicted molar refractivity (Wildman–Crippen MR) is 165 cm³/mol. The Hall–Kier alpha value is -4.33. The van der Waals surface area contributed by atoms with Gasteiger partial charge in [0.25, 0.3) is 0 Å². The summed E-state index contributed by atoms with van der Waals surface area (Å²) in [5.41, 5.74) is 0.262. The van der Waals surface area contributed by atoms with Gasteiger partial charge in [-0.3, -0.25) is 4.79 Å². The highest BCUT2D eigenvalue weighted by atomic mass is 19.4. The van der Waals surface area contributed by atoms with Crippen LogP contribution in [0, 0.1) is 18.6 Å². The molecule has 0 spiro atoms. The van der Waals surface area contributed by atoms with Gasteiger partial charge in [0.1, 0.15) is 35.4 Å². The number of nitrogens with one attached hydrogen (secondary N) is 2. The number of amides is 1. The van der Waals surface area contributed by atoms with Gasteiger partial charge in [-0.2, -0.15) is 13.2 Å². The molecule has 0 bridgehead atoms. The number of rotatable bonds is 10. The van der Waals surface area contributed by atoms with Crippen LogP contribution in [0.1, 0.15) is 67.3 Å². The molecule has 1 aromatic carbocycles. The van der Waals surface area contributed by atoms with Gasteiger partial charge in [-0.15, -0.1) is 0 Å². The Kier molecular flexibility index (Phi) is 10.6. The van der Waals surface area contributed by atoms with Crippen LogP contribution in [-0.4, -0.2) is 69.5 Å². The maximum absolute atomic E-state index is 14.2. The lowest BCUT2D eigenvalue weighted by Gasteiger charge is -2.37. The van der Waals surface area contributed by atoms with E-state index in [0.717, 1.165) is 17.3 Å². The lowest BCUT2D eigenvalue weighted by atomic mass is 9.88. The second-order valence-electron chi connectivity index (χ2n) is 11.9. The van der Waals surface area contributed by atoms with Gasteiger partial charge in [-0.1, -0.05) is 18.7 Å². The summed E-state index contributed by atoms with van der Waals surface area (Å²) >= 11 is 0. The van der Waals surface area contributed by atoms with Crippen LogP contribution in [0.5, 0.6) is 5.88 Å². The summed E-state index contributed by atoms with van der Waals surface area (Å²) in [6.07, 6.45) is -0.186. The monoisotopic (exact) mass is 659 g/mol. The Morgan fingerprint density at radius 1 is 1.00 bits per heavy atom. The van der Waals surface area contributed by atoms with Crippen molar-refractivity contribution in [2.24, 2.45) is 0 Å². The molecule has 2 N–H and O–H groups in total. The van der Waals surface area contributed by atoms with Crippen molar-refractivity contribution in [3.8, 4) is 5.88 Å². The van der Waals surface area contributed by atoms with Crippen LogP contribution in [-0.2, 0) is 11.0 Å². The zero-order chi connectivity index (χ0) is 33.7. The normalized spacial score (nSPS) is 17.0. The molecular weight excluding hydrogens is 621 g/mol. The van der Waals surface area contributed by atoms with Crippen molar-refractivity contribution in [1.29, 1.82) is 0 Å². The molecule has 14 heteroatoms. The summed E-state index contributed by atoms with van der Waals surface area (Å²) < 4.78 is 74.3. The Bertz CT molecular complexity index is 1550. The SMILES string of the molecule is C=C(Nc1c(F)cccc1F)N1CCC(c2nc(C)ncc2C(COc2cccc(C(F)(F)F)n2)NC2CCN(C(C)=O)CC2)CC1. The van der Waals surface area contributed by atoms with Crippen molar-refractivity contribution in [3.05, 3.63) is 89.4 Å². The number of halogens is 5. The molecule has 1 unspecified atom stereocenters. The zero-order valence-electron chi connectivity index (χ0n) is 26.3. The van der Waals surface area contributed by atoms with E-state index in [-0.39, 0.29) is 36.0 Å². The number of carbonyl (C=O) groups is 1. The number of benzene rings is 1. The van der Waals surface area contributed by atoms with Crippen LogP contribution in [0.2, 0.25) is 0 Å². The van der Waals surface area contributed by atoms with Crippen molar-refractivity contribution in [3.63, 3.8) is 0 Å². The third-order valence-electron chi connectivity index (χ3n) is 8.63. The van der Waals surface area contributed by atoms with E-state index in [9.17, 15) is 26.7 Å². The number of pyridine rings is 1. The molecule has 0 aliphatic carbocycles. The highest BCUT2D eigenvalue weighted by Gasteiger charge is 2.34. The third-order valence-corrected chi connectivity index (χ3v) is 8.63. The van der Waals surface area contributed by atoms with Gasteiger partial charge in [0.15, 0.2) is 0 Å². The van der Waals surface area contributed by atoms with Crippen LogP contribution < -0.4 is 15.4 Å². The number of piperidine rings is 2. The molecule has 2 aromatic heterocycles. The average molecular weight is 660 g/mol. The topological polar surface area (TPSA) is 95.5 Å². The van der Waals surface area contributed by atoms with Crippen LogP contribution in [0.4, 0.5) is 27.6 Å². The largest absolute Gasteiger partial charge is 0.476 e. The van der Waals surface area contributed by atoms with Crippen molar-refractivity contribution in [2.45, 2.75) is 63.7 Å². The number of nitrogens with zero attached hydrogens (tertiary/aromatic N) is 5. The molecule has 47 heavy (non-hydrogen) atoms. The number of alkyl halides is 3. The van der Waals surface area contributed by atoms with Gasteiger partial charge < -0.3 is 25.2 Å². The number of ether oxygens (including phenoxy) is 1. The molecule has 252 valence electrons. The van der Waals surface area contributed by atoms with Gasteiger partial charge in [0.2, 0.25) is 11.8 Å². The van der Waals surface area contributed by atoms with Crippen LogP contribution in [0.15, 0.2) is 55.0 Å².